The van der Waals surface area contributed by atoms with Gasteiger partial charge in [0.25, 0.3) is 0 Å². The van der Waals surface area contributed by atoms with Crippen LogP contribution in [0.15, 0.2) is 90.5 Å². The zero-order chi connectivity index (χ0) is 26.7. The Morgan fingerprint density at radius 2 is 1.03 bits per heavy atom. The van der Waals surface area contributed by atoms with Gasteiger partial charge in [-0.25, -0.2) is 0 Å². The van der Waals surface area contributed by atoms with E-state index in [4.69, 9.17) is 5.63 Å². The number of rotatable bonds is 8. The van der Waals surface area contributed by atoms with Crippen LogP contribution in [0.25, 0.3) is 0 Å². The van der Waals surface area contributed by atoms with Crippen LogP contribution < -0.4 is 5.63 Å². The predicted molar refractivity (Wildman–Crippen MR) is 174 cm³/mol. The fraction of sp³-hybridized carbons (Fsp3) is 0.412. The normalized spacial score (nSPS) is 20.8. The molecule has 0 atom stereocenters. The molecule has 5 heteroatoms. The fourth-order valence-corrected chi connectivity index (χ4v) is 17.8. The number of allylic oxidation sites excluding steroid dienone is 8. The molecule has 2 aromatic carbocycles. The second-order valence-electron chi connectivity index (χ2n) is 11.5. The molecule has 0 aromatic heterocycles. The topological polar surface area (TPSA) is 18.5 Å². The summed E-state index contributed by atoms with van der Waals surface area (Å²) in [6.07, 6.45) is 24.9. The van der Waals surface area contributed by atoms with Crippen molar-refractivity contribution in [3.8, 4) is 11.5 Å². The second kappa shape index (κ2) is 13.1. The van der Waals surface area contributed by atoms with Crippen LogP contribution in [0.1, 0.15) is 77.0 Å². The Bertz CT molecular complexity index is 1210. The van der Waals surface area contributed by atoms with Crippen molar-refractivity contribution < 1.29 is 26.8 Å². The zero-order valence-corrected chi connectivity index (χ0v) is 29.4. The first-order valence-corrected chi connectivity index (χ1v) is 21.4. The van der Waals surface area contributed by atoms with Crippen LogP contribution in [0.5, 0.6) is 11.5 Å². The summed E-state index contributed by atoms with van der Waals surface area (Å²) in [4.78, 5) is 0. The van der Waals surface area contributed by atoms with Gasteiger partial charge in [-0.3, -0.25) is 0 Å². The monoisotopic (exact) mass is 822 g/mol. The van der Waals surface area contributed by atoms with Crippen molar-refractivity contribution in [3.63, 3.8) is 0 Å². The molecule has 4 aliphatic rings. The third-order valence-electron chi connectivity index (χ3n) is 8.94. The molecule has 0 radical (unpaired) electrons. The summed E-state index contributed by atoms with van der Waals surface area (Å²) < 4.78 is 20.5. The number of hydrogen-bond acceptors (Lipinski definition) is 2. The molecule has 2 aromatic rings. The summed E-state index contributed by atoms with van der Waals surface area (Å²) >= 11 is 0.600. The van der Waals surface area contributed by atoms with Crippen molar-refractivity contribution in [2.24, 2.45) is 11.8 Å². The van der Waals surface area contributed by atoms with Crippen molar-refractivity contribution >= 4 is 45.2 Å². The Hall–Kier alpha value is -0.657. The van der Waals surface area contributed by atoms with Gasteiger partial charge in [0.2, 0.25) is 0 Å². The number of hydrogen-bond donors (Lipinski definition) is 0. The van der Waals surface area contributed by atoms with Crippen LogP contribution in [-0.2, 0) is 21.1 Å². The molecular formula is C34H38I2O2Zr. The predicted octanol–water partition coefficient (Wildman–Crippen LogP) is 10.9. The third-order valence-corrected chi connectivity index (χ3v) is 19.2. The van der Waals surface area contributed by atoms with E-state index in [1.165, 1.54) is 77.9 Å². The van der Waals surface area contributed by atoms with E-state index < -0.39 is 21.1 Å². The van der Waals surface area contributed by atoms with Crippen molar-refractivity contribution in [2.75, 3.05) is 0 Å². The quantitative estimate of drug-likeness (QED) is 0.247. The molecule has 6 rings (SSSR count). The Morgan fingerprint density at radius 3 is 1.44 bits per heavy atom. The molecule has 2 fully saturated rings. The molecule has 0 N–H and O–H groups in total. The van der Waals surface area contributed by atoms with Gasteiger partial charge in [0.1, 0.15) is 0 Å². The van der Waals surface area contributed by atoms with E-state index in [1.807, 2.05) is 0 Å². The van der Waals surface area contributed by atoms with Crippen molar-refractivity contribution in [1.29, 1.82) is 0 Å². The Labute approximate surface area is 267 Å². The van der Waals surface area contributed by atoms with Crippen molar-refractivity contribution in [1.82, 2.24) is 0 Å². The SMILES string of the molecule is Ic1cccc([O][Zr]([O]c2cccc(I)c2)([C]2=C(C3CCCCC3)C=CC2)[C]2=C(C3CCCCC3)C=CC2)c1. The fourth-order valence-electron chi connectivity index (χ4n) is 7.13. The number of halogens is 2. The van der Waals surface area contributed by atoms with Gasteiger partial charge >= 0.3 is 270 Å². The minimum absolute atomic E-state index is 0.635. The van der Waals surface area contributed by atoms with Gasteiger partial charge in [0.05, 0.1) is 0 Å². The second-order valence-corrected chi connectivity index (χ2v) is 21.0. The average Bonchev–Trinajstić information content (AvgIpc) is 3.65. The van der Waals surface area contributed by atoms with E-state index in [9.17, 15) is 0 Å². The van der Waals surface area contributed by atoms with Gasteiger partial charge in [0, 0.05) is 0 Å². The van der Waals surface area contributed by atoms with Crippen LogP contribution in [-0.4, -0.2) is 0 Å². The Kier molecular flexibility index (Phi) is 9.57. The number of benzene rings is 2. The minimum atomic E-state index is -4.23. The summed E-state index contributed by atoms with van der Waals surface area (Å²) in [6, 6.07) is 17.3. The van der Waals surface area contributed by atoms with E-state index in [0.29, 0.717) is 11.8 Å². The van der Waals surface area contributed by atoms with E-state index >= 15 is 0 Å². The van der Waals surface area contributed by atoms with Gasteiger partial charge in [-0.2, -0.15) is 0 Å². The van der Waals surface area contributed by atoms with Gasteiger partial charge in [-0.1, -0.05) is 0 Å². The summed E-state index contributed by atoms with van der Waals surface area (Å²) in [5.41, 5.74) is 3.12. The molecule has 0 amide bonds. The molecular weight excluding hydrogens is 785 g/mol. The molecule has 0 heterocycles. The molecule has 2 nitrogen and oxygen atoms in total. The molecule has 0 unspecified atom stereocenters. The summed E-state index contributed by atoms with van der Waals surface area (Å²) in [7, 11) is 0. The van der Waals surface area contributed by atoms with E-state index in [2.05, 4.69) is 118 Å². The van der Waals surface area contributed by atoms with Crippen molar-refractivity contribution in [2.45, 2.75) is 77.0 Å². The first-order valence-electron chi connectivity index (χ1n) is 14.8. The molecule has 204 valence electrons. The molecule has 4 aliphatic carbocycles. The summed E-state index contributed by atoms with van der Waals surface area (Å²) in [5, 5.41) is 0. The first-order chi connectivity index (χ1) is 19.1. The maximum atomic E-state index is 7.52. The van der Waals surface area contributed by atoms with Crippen LogP contribution in [0.3, 0.4) is 0 Å². The molecule has 0 saturated heterocycles. The zero-order valence-electron chi connectivity index (χ0n) is 22.6. The molecule has 39 heavy (non-hydrogen) atoms. The van der Waals surface area contributed by atoms with Gasteiger partial charge in [-0.15, -0.1) is 0 Å². The molecule has 0 bridgehead atoms. The van der Waals surface area contributed by atoms with E-state index in [1.54, 1.807) is 11.1 Å². The summed E-state index contributed by atoms with van der Waals surface area (Å²) in [5.74, 6) is 3.20. The van der Waals surface area contributed by atoms with Crippen LogP contribution in [0, 0.1) is 19.0 Å². The summed E-state index contributed by atoms with van der Waals surface area (Å²) in [6.45, 7) is 0. The Balaban J connectivity index is 1.56. The Morgan fingerprint density at radius 1 is 0.590 bits per heavy atom. The van der Waals surface area contributed by atoms with Crippen LogP contribution in [0.2, 0.25) is 0 Å². The van der Waals surface area contributed by atoms with Crippen molar-refractivity contribution in [3.05, 3.63) is 97.7 Å². The average molecular weight is 824 g/mol. The molecule has 0 spiro atoms. The maximum absolute atomic E-state index is 7.52. The first kappa shape index (κ1) is 28.5. The standard InChI is InChI=1S/2C11H15.2C6H5IO.Zr/c2*1-2-6-10(7-3-1)11-8-4-5-9-11;2*7-5-2-1-3-6(8)4-5;/h2*4,8,10H,1-3,5-7H2;2*1-4,8H;/q;;;;+2/p-2. The van der Waals surface area contributed by atoms with E-state index in [0.717, 1.165) is 24.3 Å². The van der Waals surface area contributed by atoms with Gasteiger partial charge in [0.15, 0.2) is 0 Å². The molecule has 2 saturated carbocycles. The van der Waals surface area contributed by atoms with Crippen LogP contribution in [0.4, 0.5) is 0 Å². The molecule has 0 aliphatic heterocycles. The third kappa shape index (κ3) is 6.40. The van der Waals surface area contributed by atoms with Gasteiger partial charge < -0.3 is 0 Å². The van der Waals surface area contributed by atoms with Crippen LogP contribution >= 0.6 is 45.2 Å². The van der Waals surface area contributed by atoms with E-state index in [-0.39, 0.29) is 0 Å². The van der Waals surface area contributed by atoms with Gasteiger partial charge in [-0.05, 0) is 0 Å².